The van der Waals surface area contributed by atoms with Gasteiger partial charge in [-0.3, -0.25) is 9.79 Å². The molecule has 0 aromatic heterocycles. The topological polar surface area (TPSA) is 65.5 Å². The van der Waals surface area contributed by atoms with Crippen LogP contribution in [0.2, 0.25) is 0 Å². The van der Waals surface area contributed by atoms with Crippen molar-refractivity contribution in [3.05, 3.63) is 35.9 Å². The smallest absolute Gasteiger partial charge is 0.251 e. The number of unbranched alkanes of at least 4 members (excludes halogenated alkanes) is 2. The largest absolute Gasteiger partial charge is 0.356 e. The number of hydrogen-bond acceptors (Lipinski definition) is 2. The number of nitrogens with zero attached hydrogens (tertiary/aromatic N) is 1. The fourth-order valence-corrected chi connectivity index (χ4v) is 2.39. The minimum Gasteiger partial charge on any atom is -0.356 e. The first-order valence-corrected chi connectivity index (χ1v) is 8.97. The Hall–Kier alpha value is -2.04. The molecule has 0 saturated heterocycles. The van der Waals surface area contributed by atoms with Crippen molar-refractivity contribution in [3.8, 4) is 0 Å². The summed E-state index contributed by atoms with van der Waals surface area (Å²) in [6.45, 7) is 5.82. The van der Waals surface area contributed by atoms with E-state index in [2.05, 4.69) is 34.8 Å². The van der Waals surface area contributed by atoms with Crippen LogP contribution < -0.4 is 16.0 Å². The summed E-state index contributed by atoms with van der Waals surface area (Å²) in [5.41, 5.74) is 0.698. The van der Waals surface area contributed by atoms with E-state index in [1.54, 1.807) is 7.05 Å². The van der Waals surface area contributed by atoms with Gasteiger partial charge in [0.25, 0.3) is 5.91 Å². The third-order valence-electron chi connectivity index (χ3n) is 3.81. The number of carbonyl (C=O) groups is 1. The van der Waals surface area contributed by atoms with E-state index < -0.39 is 0 Å². The summed E-state index contributed by atoms with van der Waals surface area (Å²) in [5, 5.41) is 9.62. The summed E-state index contributed by atoms with van der Waals surface area (Å²) in [6, 6.07) is 9.70. The van der Waals surface area contributed by atoms with Crippen LogP contribution in [0.25, 0.3) is 0 Å². The van der Waals surface area contributed by atoms with Crippen LogP contribution in [0.5, 0.6) is 0 Å². The zero-order valence-electron chi connectivity index (χ0n) is 15.3. The molecule has 0 radical (unpaired) electrons. The van der Waals surface area contributed by atoms with Crippen molar-refractivity contribution >= 4 is 11.9 Å². The van der Waals surface area contributed by atoms with Gasteiger partial charge in [0, 0.05) is 31.7 Å². The molecule has 1 aromatic carbocycles. The molecule has 0 aliphatic heterocycles. The Morgan fingerprint density at radius 2 is 1.79 bits per heavy atom. The van der Waals surface area contributed by atoms with Gasteiger partial charge in [-0.05, 0) is 31.9 Å². The Balaban J connectivity index is 2.15. The highest BCUT2D eigenvalue weighted by Crippen LogP contribution is 2.02. The number of guanidine groups is 1. The van der Waals surface area contributed by atoms with Gasteiger partial charge in [-0.1, -0.05) is 44.4 Å². The summed E-state index contributed by atoms with van der Waals surface area (Å²) in [7, 11) is 1.78. The van der Waals surface area contributed by atoms with Crippen LogP contribution in [-0.2, 0) is 0 Å². The molecule has 1 amide bonds. The average molecular weight is 332 g/mol. The van der Waals surface area contributed by atoms with E-state index in [1.165, 1.54) is 19.3 Å². The van der Waals surface area contributed by atoms with Gasteiger partial charge in [0.15, 0.2) is 5.96 Å². The number of hydrogen-bond donors (Lipinski definition) is 3. The maximum Gasteiger partial charge on any atom is 0.251 e. The van der Waals surface area contributed by atoms with Crippen molar-refractivity contribution in [1.82, 2.24) is 16.0 Å². The van der Waals surface area contributed by atoms with Gasteiger partial charge >= 0.3 is 0 Å². The minimum absolute atomic E-state index is 0.0253. The highest BCUT2D eigenvalue weighted by atomic mass is 16.1. The Labute approximate surface area is 146 Å². The number of amides is 1. The molecular weight excluding hydrogens is 300 g/mol. The van der Waals surface area contributed by atoms with E-state index in [9.17, 15) is 4.79 Å². The van der Waals surface area contributed by atoms with E-state index in [0.29, 0.717) is 18.2 Å². The van der Waals surface area contributed by atoms with Crippen LogP contribution in [0, 0.1) is 0 Å². The molecule has 0 aliphatic carbocycles. The average Bonchev–Trinajstić information content (AvgIpc) is 2.61. The first kappa shape index (κ1) is 20.0. The van der Waals surface area contributed by atoms with Crippen LogP contribution >= 0.6 is 0 Å². The van der Waals surface area contributed by atoms with Crippen molar-refractivity contribution in [2.24, 2.45) is 4.99 Å². The number of benzene rings is 1. The van der Waals surface area contributed by atoms with Gasteiger partial charge < -0.3 is 16.0 Å². The Kier molecular flexibility index (Phi) is 10.3. The van der Waals surface area contributed by atoms with E-state index in [4.69, 9.17) is 0 Å². The monoisotopic (exact) mass is 332 g/mol. The molecule has 134 valence electrons. The fourth-order valence-electron chi connectivity index (χ4n) is 2.39. The predicted molar refractivity (Wildman–Crippen MR) is 101 cm³/mol. The second-order valence-electron chi connectivity index (χ2n) is 6.02. The molecule has 1 atom stereocenters. The van der Waals surface area contributed by atoms with Gasteiger partial charge in [-0.25, -0.2) is 0 Å². The Morgan fingerprint density at radius 3 is 2.46 bits per heavy atom. The molecule has 1 unspecified atom stereocenters. The first-order chi connectivity index (χ1) is 11.7. The molecule has 0 spiro atoms. The molecule has 0 fully saturated rings. The van der Waals surface area contributed by atoms with Crippen molar-refractivity contribution in [2.75, 3.05) is 20.1 Å². The number of nitrogens with one attached hydrogen (secondary N) is 3. The Bertz CT molecular complexity index is 487. The van der Waals surface area contributed by atoms with Crippen molar-refractivity contribution in [2.45, 2.75) is 52.0 Å². The summed E-state index contributed by atoms with van der Waals surface area (Å²) < 4.78 is 0. The van der Waals surface area contributed by atoms with Crippen molar-refractivity contribution in [1.29, 1.82) is 0 Å². The molecule has 3 N–H and O–H groups in total. The fraction of sp³-hybridized carbons (Fsp3) is 0.579. The van der Waals surface area contributed by atoms with Crippen LogP contribution in [0.1, 0.15) is 56.3 Å². The summed E-state index contributed by atoms with van der Waals surface area (Å²) in [5.74, 6) is 0.802. The van der Waals surface area contributed by atoms with Crippen LogP contribution in [0.15, 0.2) is 35.3 Å². The lowest BCUT2D eigenvalue weighted by molar-refractivity contribution is 0.0953. The SMILES string of the molecule is CCCCCC(C)NC(=NC)NCCCNC(=O)c1ccccc1. The second kappa shape index (κ2) is 12.4. The van der Waals surface area contributed by atoms with Gasteiger partial charge in [-0.2, -0.15) is 0 Å². The zero-order chi connectivity index (χ0) is 17.6. The van der Waals surface area contributed by atoms with Gasteiger partial charge in [0.05, 0.1) is 0 Å². The van der Waals surface area contributed by atoms with Gasteiger partial charge in [0.1, 0.15) is 0 Å². The van der Waals surface area contributed by atoms with Crippen molar-refractivity contribution < 1.29 is 4.79 Å². The summed E-state index contributed by atoms with van der Waals surface area (Å²) in [4.78, 5) is 16.1. The van der Waals surface area contributed by atoms with Crippen LogP contribution in [-0.4, -0.2) is 38.0 Å². The van der Waals surface area contributed by atoms with Gasteiger partial charge in [0.2, 0.25) is 0 Å². The molecule has 5 nitrogen and oxygen atoms in total. The highest BCUT2D eigenvalue weighted by Gasteiger charge is 2.05. The molecular formula is C19H32N4O. The number of rotatable bonds is 10. The summed E-state index contributed by atoms with van der Waals surface area (Å²) in [6.07, 6.45) is 5.77. The van der Waals surface area contributed by atoms with Crippen LogP contribution in [0.3, 0.4) is 0 Å². The molecule has 0 bridgehead atoms. The van der Waals surface area contributed by atoms with Gasteiger partial charge in [-0.15, -0.1) is 0 Å². The van der Waals surface area contributed by atoms with Crippen LogP contribution in [0.4, 0.5) is 0 Å². The molecule has 1 aromatic rings. The zero-order valence-corrected chi connectivity index (χ0v) is 15.3. The van der Waals surface area contributed by atoms with E-state index in [-0.39, 0.29) is 5.91 Å². The summed E-state index contributed by atoms with van der Waals surface area (Å²) >= 11 is 0. The molecule has 5 heteroatoms. The maximum absolute atomic E-state index is 11.9. The molecule has 24 heavy (non-hydrogen) atoms. The number of aliphatic imine (C=N–C) groups is 1. The lowest BCUT2D eigenvalue weighted by Gasteiger charge is -2.17. The third kappa shape index (κ3) is 8.56. The predicted octanol–water partition coefficient (Wildman–Crippen LogP) is 2.94. The molecule has 0 saturated carbocycles. The third-order valence-corrected chi connectivity index (χ3v) is 3.81. The molecule has 0 aliphatic rings. The van der Waals surface area contributed by atoms with Crippen molar-refractivity contribution in [3.63, 3.8) is 0 Å². The van der Waals surface area contributed by atoms with E-state index in [1.807, 2.05) is 30.3 Å². The lowest BCUT2D eigenvalue weighted by atomic mass is 10.1. The highest BCUT2D eigenvalue weighted by molar-refractivity contribution is 5.94. The lowest BCUT2D eigenvalue weighted by Crippen LogP contribution is -2.43. The normalized spacial score (nSPS) is 12.5. The molecule has 0 heterocycles. The van der Waals surface area contributed by atoms with E-state index >= 15 is 0 Å². The minimum atomic E-state index is -0.0253. The Morgan fingerprint density at radius 1 is 1.08 bits per heavy atom. The van der Waals surface area contributed by atoms with E-state index in [0.717, 1.165) is 25.3 Å². The maximum atomic E-state index is 11.9. The standard InChI is InChI=1S/C19H32N4O/c1-4-5-7-11-16(2)23-19(20-3)22-15-10-14-21-18(24)17-12-8-6-9-13-17/h6,8-9,12-13,16H,4-5,7,10-11,14-15H2,1-3H3,(H,21,24)(H2,20,22,23). The first-order valence-electron chi connectivity index (χ1n) is 8.97. The molecule has 1 rings (SSSR count). The second-order valence-corrected chi connectivity index (χ2v) is 6.02. The number of carbonyl (C=O) groups excluding carboxylic acids is 1. The quantitative estimate of drug-likeness (QED) is 0.351.